The van der Waals surface area contributed by atoms with Gasteiger partial charge in [-0.3, -0.25) is 14.4 Å². The Balaban J connectivity index is 1.57. The third-order valence-corrected chi connectivity index (χ3v) is 7.02. The van der Waals surface area contributed by atoms with E-state index in [1.54, 1.807) is 22.8 Å². The fourth-order valence-corrected chi connectivity index (χ4v) is 5.03. The average molecular weight is 540 g/mol. The second-order valence-corrected chi connectivity index (χ2v) is 11.2. The number of carbonyl (C=O) groups is 4. The molecule has 212 valence electrons. The van der Waals surface area contributed by atoms with Gasteiger partial charge in [-0.15, -0.1) is 6.42 Å². The highest BCUT2D eigenvalue weighted by Crippen LogP contribution is 2.30. The highest BCUT2D eigenvalue weighted by atomic mass is 16.6. The number of hydrogen-bond acceptors (Lipinski definition) is 6. The van der Waals surface area contributed by atoms with Gasteiger partial charge in [0.1, 0.15) is 11.6 Å². The fourth-order valence-electron chi connectivity index (χ4n) is 5.03. The summed E-state index contributed by atoms with van der Waals surface area (Å²) in [6, 6.07) is 6.91. The van der Waals surface area contributed by atoms with E-state index < -0.39 is 23.5 Å². The van der Waals surface area contributed by atoms with E-state index in [1.165, 1.54) is 0 Å². The van der Waals surface area contributed by atoms with Gasteiger partial charge in [-0.05, 0) is 77.0 Å². The molecule has 1 N–H and O–H groups in total. The number of hydrogen-bond donors (Lipinski definition) is 1. The number of ether oxygens (including phenoxy) is 2. The average Bonchev–Trinajstić information content (AvgIpc) is 2.91. The third kappa shape index (κ3) is 8.74. The van der Waals surface area contributed by atoms with Gasteiger partial charge in [0.15, 0.2) is 0 Å². The fraction of sp³-hybridized carbons (Fsp3) is 0.600. The van der Waals surface area contributed by atoms with Crippen LogP contribution in [0.4, 0.5) is 4.79 Å². The summed E-state index contributed by atoms with van der Waals surface area (Å²) < 4.78 is 10.4. The molecule has 3 amide bonds. The van der Waals surface area contributed by atoms with E-state index in [-0.39, 0.29) is 36.9 Å². The van der Waals surface area contributed by atoms with Gasteiger partial charge in [-0.2, -0.15) is 0 Å². The first-order chi connectivity index (χ1) is 18.5. The summed E-state index contributed by atoms with van der Waals surface area (Å²) in [5.74, 6) is 1.45. The number of rotatable bonds is 7. The first-order valence-corrected chi connectivity index (χ1v) is 13.8. The number of piperidine rings is 2. The van der Waals surface area contributed by atoms with Crippen LogP contribution in [-0.2, 0) is 19.1 Å². The molecule has 2 aliphatic heterocycles. The number of nitrogens with one attached hydrogen (secondary N) is 1. The molecule has 2 fully saturated rings. The van der Waals surface area contributed by atoms with Crippen LogP contribution in [0.15, 0.2) is 24.3 Å². The molecule has 9 nitrogen and oxygen atoms in total. The minimum absolute atomic E-state index is 0.0884. The maximum Gasteiger partial charge on any atom is 0.410 e. The van der Waals surface area contributed by atoms with E-state index in [4.69, 9.17) is 15.9 Å². The van der Waals surface area contributed by atoms with E-state index in [1.807, 2.05) is 39.0 Å². The van der Waals surface area contributed by atoms with Crippen molar-refractivity contribution in [1.82, 2.24) is 15.1 Å². The molecule has 9 heteroatoms. The van der Waals surface area contributed by atoms with Gasteiger partial charge in [0.2, 0.25) is 5.91 Å². The Bertz CT molecular complexity index is 1080. The number of nitrogens with zero attached hydrogens (tertiary/aromatic N) is 2. The molecular weight excluding hydrogens is 498 g/mol. The minimum Gasteiger partial charge on any atom is -0.466 e. The van der Waals surface area contributed by atoms with Crippen LogP contribution < -0.4 is 5.32 Å². The van der Waals surface area contributed by atoms with E-state index in [0.717, 1.165) is 18.4 Å². The van der Waals surface area contributed by atoms with Gasteiger partial charge in [0.05, 0.1) is 18.9 Å². The van der Waals surface area contributed by atoms with Gasteiger partial charge in [0.25, 0.3) is 5.91 Å². The molecule has 39 heavy (non-hydrogen) atoms. The quantitative estimate of drug-likeness (QED) is 0.418. The third-order valence-electron chi connectivity index (χ3n) is 7.02. The molecule has 0 aromatic heterocycles. The zero-order valence-electron chi connectivity index (χ0n) is 23.5. The highest BCUT2D eigenvalue weighted by molar-refractivity contribution is 5.95. The molecule has 0 aliphatic carbocycles. The van der Waals surface area contributed by atoms with Crippen LogP contribution >= 0.6 is 0 Å². The molecule has 3 rings (SSSR count). The molecule has 2 atom stereocenters. The maximum atomic E-state index is 13.4. The lowest BCUT2D eigenvalue weighted by Crippen LogP contribution is -2.47. The zero-order chi connectivity index (χ0) is 28.6. The molecule has 0 bridgehead atoms. The topological polar surface area (TPSA) is 105 Å². The van der Waals surface area contributed by atoms with Crippen LogP contribution in [0.1, 0.15) is 81.6 Å². The van der Waals surface area contributed by atoms with Crippen LogP contribution in [0.3, 0.4) is 0 Å². The molecular formula is C30H41N3O6. The van der Waals surface area contributed by atoms with Gasteiger partial charge >= 0.3 is 12.1 Å². The molecule has 2 saturated heterocycles. The van der Waals surface area contributed by atoms with Crippen molar-refractivity contribution in [2.24, 2.45) is 5.92 Å². The highest BCUT2D eigenvalue weighted by Gasteiger charge is 2.31. The van der Waals surface area contributed by atoms with Gasteiger partial charge in [-0.1, -0.05) is 18.1 Å². The molecule has 1 aromatic rings. The van der Waals surface area contributed by atoms with E-state index in [9.17, 15) is 19.2 Å². The first-order valence-electron chi connectivity index (χ1n) is 13.8. The molecule has 1 unspecified atom stereocenters. The Hall–Kier alpha value is -3.54. The van der Waals surface area contributed by atoms with Crippen molar-refractivity contribution in [3.63, 3.8) is 0 Å². The van der Waals surface area contributed by atoms with Gasteiger partial charge in [0, 0.05) is 31.7 Å². The van der Waals surface area contributed by atoms with Crippen molar-refractivity contribution in [3.05, 3.63) is 35.4 Å². The van der Waals surface area contributed by atoms with Gasteiger partial charge in [-0.25, -0.2) is 4.79 Å². The lowest BCUT2D eigenvalue weighted by atomic mass is 9.88. The summed E-state index contributed by atoms with van der Waals surface area (Å²) in [6.45, 7) is 9.61. The summed E-state index contributed by atoms with van der Waals surface area (Å²) in [7, 11) is 0. The van der Waals surface area contributed by atoms with Crippen molar-refractivity contribution in [3.8, 4) is 12.3 Å². The second kappa shape index (κ2) is 13.5. The predicted octanol–water partition coefficient (Wildman–Crippen LogP) is 3.72. The number of benzene rings is 1. The van der Waals surface area contributed by atoms with E-state index >= 15 is 0 Å². The number of likely N-dealkylation sites (tertiary alicyclic amines) is 2. The molecule has 0 saturated carbocycles. The summed E-state index contributed by atoms with van der Waals surface area (Å²) in [5.41, 5.74) is 1.14. The lowest BCUT2D eigenvalue weighted by molar-refractivity contribution is -0.143. The van der Waals surface area contributed by atoms with Crippen molar-refractivity contribution in [2.45, 2.75) is 77.4 Å². The standard InChI is InChI=1S/C30H41N3O6/c1-6-25(19-26(34)38-7-2)31-27(35)24-12-9-15-33(20-24)28(36)23-11-8-10-22(18-23)21-13-16-32(17-14-21)29(37)39-30(3,4)5/h1,8,10-11,18,21,24-25H,7,9,12-17,19-20H2,2-5H3,(H,31,35)/t24-,25?/m1/s1. The maximum absolute atomic E-state index is 13.4. The molecule has 2 heterocycles. The SMILES string of the molecule is C#CC(CC(=O)OCC)NC(=O)[C@@H]1CCCN(C(=O)c2cccc(C3CCN(C(=O)OC(C)(C)C)CC3)c2)C1. The number of amides is 3. The zero-order valence-corrected chi connectivity index (χ0v) is 23.5. The smallest absolute Gasteiger partial charge is 0.410 e. The summed E-state index contributed by atoms with van der Waals surface area (Å²) >= 11 is 0. The van der Waals surface area contributed by atoms with E-state index in [2.05, 4.69) is 11.2 Å². The number of carbonyl (C=O) groups excluding carboxylic acids is 4. The summed E-state index contributed by atoms with van der Waals surface area (Å²) in [5, 5.41) is 2.75. The Kier molecular flexibility index (Phi) is 10.4. The van der Waals surface area contributed by atoms with Gasteiger partial charge < -0.3 is 24.6 Å². The second-order valence-electron chi connectivity index (χ2n) is 11.2. The predicted molar refractivity (Wildman–Crippen MR) is 147 cm³/mol. The summed E-state index contributed by atoms with van der Waals surface area (Å²) in [6.07, 6.45) is 8.06. The number of terminal acetylenes is 1. The van der Waals surface area contributed by atoms with Crippen molar-refractivity contribution in [2.75, 3.05) is 32.8 Å². The van der Waals surface area contributed by atoms with Crippen LogP contribution in [0, 0.1) is 18.3 Å². The Morgan fingerprint density at radius 2 is 1.82 bits per heavy atom. The summed E-state index contributed by atoms with van der Waals surface area (Å²) in [4.78, 5) is 53.9. The first kappa shape index (κ1) is 30.0. The Morgan fingerprint density at radius 1 is 1.10 bits per heavy atom. The largest absolute Gasteiger partial charge is 0.466 e. The normalized spacial score (nSPS) is 19.0. The monoisotopic (exact) mass is 539 g/mol. The van der Waals surface area contributed by atoms with E-state index in [0.29, 0.717) is 44.6 Å². The number of esters is 1. The molecule has 1 aromatic carbocycles. The van der Waals surface area contributed by atoms with Crippen molar-refractivity contribution >= 4 is 23.9 Å². The van der Waals surface area contributed by atoms with Crippen LogP contribution in [0.5, 0.6) is 0 Å². The molecule has 0 radical (unpaired) electrons. The minimum atomic E-state index is -0.749. The van der Waals surface area contributed by atoms with Crippen LogP contribution in [0.2, 0.25) is 0 Å². The van der Waals surface area contributed by atoms with Crippen molar-refractivity contribution < 1.29 is 28.7 Å². The van der Waals surface area contributed by atoms with Crippen LogP contribution in [-0.4, -0.2) is 78.1 Å². The van der Waals surface area contributed by atoms with Crippen LogP contribution in [0.25, 0.3) is 0 Å². The van der Waals surface area contributed by atoms with Crippen molar-refractivity contribution in [1.29, 1.82) is 0 Å². The molecule has 0 spiro atoms. The lowest BCUT2D eigenvalue weighted by Gasteiger charge is -2.34. The molecule has 2 aliphatic rings. The Labute approximate surface area is 231 Å². The Morgan fingerprint density at radius 3 is 2.46 bits per heavy atom.